The molecule has 0 radical (unpaired) electrons. The van der Waals surface area contributed by atoms with Gasteiger partial charge >= 0.3 is 0 Å². The molecule has 0 atom stereocenters. The molecule has 0 fully saturated rings. The summed E-state index contributed by atoms with van der Waals surface area (Å²) < 4.78 is 7.30. The molecule has 0 unspecified atom stereocenters. The summed E-state index contributed by atoms with van der Waals surface area (Å²) in [4.78, 5) is 29.6. The van der Waals surface area contributed by atoms with Crippen LogP contribution in [0.25, 0.3) is 0 Å². The van der Waals surface area contributed by atoms with Gasteiger partial charge in [-0.15, -0.1) is 0 Å². The number of amides is 2. The highest BCUT2D eigenvalue weighted by Crippen LogP contribution is 2.23. The fraction of sp³-hybridized carbons (Fsp3) is 0.450. The van der Waals surface area contributed by atoms with Crippen LogP contribution in [0.5, 0.6) is 5.75 Å². The van der Waals surface area contributed by atoms with E-state index in [1.807, 2.05) is 30.5 Å². The Bertz CT molecular complexity index is 811. The number of hydrogen-bond acceptors (Lipinski definition) is 4. The summed E-state index contributed by atoms with van der Waals surface area (Å²) in [7, 11) is 0. The van der Waals surface area contributed by atoms with Gasteiger partial charge in [0.2, 0.25) is 0 Å². The summed E-state index contributed by atoms with van der Waals surface area (Å²) in [5.74, 6) is 0.569. The number of imidazole rings is 1. The molecule has 1 aliphatic rings. The Morgan fingerprint density at radius 3 is 2.63 bits per heavy atom. The van der Waals surface area contributed by atoms with Crippen molar-refractivity contribution < 1.29 is 14.3 Å². The Morgan fingerprint density at radius 1 is 1.15 bits per heavy atom. The van der Waals surface area contributed by atoms with Crippen LogP contribution in [0.1, 0.15) is 59.9 Å². The number of ether oxygens (including phenoxy) is 1. The minimum atomic E-state index is -0.292. The Labute approximate surface area is 159 Å². The molecule has 0 saturated heterocycles. The van der Waals surface area contributed by atoms with Crippen LogP contribution < -0.4 is 15.4 Å². The molecule has 0 spiro atoms. The van der Waals surface area contributed by atoms with E-state index in [0.29, 0.717) is 36.9 Å². The second-order valence-corrected chi connectivity index (χ2v) is 6.51. The summed E-state index contributed by atoms with van der Waals surface area (Å²) >= 11 is 0. The molecule has 2 heterocycles. The largest absolute Gasteiger partial charge is 0.494 e. The van der Waals surface area contributed by atoms with Crippen LogP contribution in [-0.4, -0.2) is 34.5 Å². The normalized spacial score (nSPS) is 13.0. The van der Waals surface area contributed by atoms with Crippen molar-refractivity contribution in [3.63, 3.8) is 0 Å². The number of nitrogens with zero attached hydrogens (tertiary/aromatic N) is 2. The molecule has 0 saturated carbocycles. The average molecular weight is 370 g/mol. The Hall–Kier alpha value is -2.83. The van der Waals surface area contributed by atoms with Crippen molar-refractivity contribution >= 4 is 17.5 Å². The number of hydrogen-bond donors (Lipinski definition) is 2. The molecular formula is C20H26N4O3. The van der Waals surface area contributed by atoms with E-state index >= 15 is 0 Å². The van der Waals surface area contributed by atoms with Crippen molar-refractivity contribution in [2.45, 2.75) is 46.1 Å². The van der Waals surface area contributed by atoms with Crippen LogP contribution >= 0.6 is 0 Å². The van der Waals surface area contributed by atoms with Gasteiger partial charge in [0, 0.05) is 18.8 Å². The lowest BCUT2D eigenvalue weighted by atomic mass is 10.1. The van der Waals surface area contributed by atoms with E-state index in [0.717, 1.165) is 37.1 Å². The van der Waals surface area contributed by atoms with Gasteiger partial charge in [0.05, 0.1) is 12.3 Å². The van der Waals surface area contributed by atoms with Crippen LogP contribution in [0.2, 0.25) is 0 Å². The maximum Gasteiger partial charge on any atom is 0.287 e. The molecule has 1 aliphatic heterocycles. The number of fused-ring (bicyclic) bond motifs is 1. The second-order valence-electron chi connectivity index (χ2n) is 6.51. The van der Waals surface area contributed by atoms with E-state index in [-0.39, 0.29) is 11.8 Å². The third kappa shape index (κ3) is 4.30. The van der Waals surface area contributed by atoms with Crippen LogP contribution in [0.4, 0.5) is 5.69 Å². The summed E-state index contributed by atoms with van der Waals surface area (Å²) in [5.41, 5.74) is 1.84. The van der Waals surface area contributed by atoms with Gasteiger partial charge < -0.3 is 19.9 Å². The minimum Gasteiger partial charge on any atom is -0.494 e. The van der Waals surface area contributed by atoms with E-state index in [1.54, 1.807) is 12.1 Å². The van der Waals surface area contributed by atoms with Gasteiger partial charge in [-0.1, -0.05) is 6.92 Å². The maximum absolute atomic E-state index is 12.8. The topological polar surface area (TPSA) is 85.2 Å². The molecule has 2 aromatic rings. The summed E-state index contributed by atoms with van der Waals surface area (Å²) in [5, 5.41) is 5.72. The van der Waals surface area contributed by atoms with Crippen molar-refractivity contribution in [2.24, 2.45) is 0 Å². The molecule has 3 rings (SSSR count). The molecule has 7 nitrogen and oxygen atoms in total. The summed E-state index contributed by atoms with van der Waals surface area (Å²) in [6, 6.07) is 7.21. The van der Waals surface area contributed by atoms with Crippen molar-refractivity contribution in [3.8, 4) is 5.75 Å². The number of aromatic nitrogens is 2. The van der Waals surface area contributed by atoms with E-state index in [9.17, 15) is 9.59 Å². The lowest BCUT2D eigenvalue weighted by molar-refractivity contribution is 0.0937. The first kappa shape index (κ1) is 18.9. The number of carbonyl (C=O) groups excluding carboxylic acids is 2. The zero-order chi connectivity index (χ0) is 19.2. The third-order valence-electron chi connectivity index (χ3n) is 4.49. The highest BCUT2D eigenvalue weighted by Gasteiger charge is 2.27. The van der Waals surface area contributed by atoms with E-state index in [4.69, 9.17) is 4.74 Å². The van der Waals surface area contributed by atoms with E-state index < -0.39 is 0 Å². The zero-order valence-corrected chi connectivity index (χ0v) is 15.9. The second kappa shape index (κ2) is 8.70. The van der Waals surface area contributed by atoms with Gasteiger partial charge in [-0.2, -0.15) is 0 Å². The lowest BCUT2D eigenvalue weighted by Gasteiger charge is -2.17. The highest BCUT2D eigenvalue weighted by molar-refractivity contribution is 6.05. The molecule has 2 amide bonds. The number of benzene rings is 1. The van der Waals surface area contributed by atoms with Crippen LogP contribution in [0.15, 0.2) is 24.3 Å². The Kier molecular flexibility index (Phi) is 6.11. The molecule has 0 aliphatic carbocycles. The monoisotopic (exact) mass is 370 g/mol. The fourth-order valence-corrected chi connectivity index (χ4v) is 3.21. The lowest BCUT2D eigenvalue weighted by Crippen LogP contribution is -2.28. The average Bonchev–Trinajstić information content (AvgIpc) is 3.08. The molecule has 1 aromatic heterocycles. The molecule has 27 heavy (non-hydrogen) atoms. The van der Waals surface area contributed by atoms with Crippen LogP contribution in [0, 0.1) is 0 Å². The van der Waals surface area contributed by atoms with Crippen molar-refractivity contribution in [1.29, 1.82) is 0 Å². The molecule has 7 heteroatoms. The summed E-state index contributed by atoms with van der Waals surface area (Å²) in [6.45, 7) is 5.82. The maximum atomic E-state index is 12.8. The SMILES string of the molecule is CCCNC(=O)c1nc(C(=O)Nc2ccc(OCC)cc2)c2n1CCCC2. The van der Waals surface area contributed by atoms with E-state index in [1.165, 1.54) is 0 Å². The first-order chi connectivity index (χ1) is 13.1. The highest BCUT2D eigenvalue weighted by atomic mass is 16.5. The molecule has 144 valence electrons. The minimum absolute atomic E-state index is 0.222. The number of carbonyl (C=O) groups is 2. The van der Waals surface area contributed by atoms with Gasteiger partial charge in [0.1, 0.15) is 5.75 Å². The molecule has 0 bridgehead atoms. The standard InChI is InChI=1S/C20H26N4O3/c1-3-12-21-20(26)18-23-17(16-7-5-6-13-24(16)18)19(25)22-14-8-10-15(11-9-14)27-4-2/h8-11H,3-7,12-13H2,1-2H3,(H,21,26)(H,22,25). The van der Waals surface area contributed by atoms with Gasteiger partial charge in [-0.05, 0) is 56.9 Å². The third-order valence-corrected chi connectivity index (χ3v) is 4.49. The predicted molar refractivity (Wildman–Crippen MR) is 103 cm³/mol. The van der Waals surface area contributed by atoms with Gasteiger partial charge in [-0.3, -0.25) is 9.59 Å². The molecule has 2 N–H and O–H groups in total. The molecular weight excluding hydrogens is 344 g/mol. The van der Waals surface area contributed by atoms with Gasteiger partial charge in [0.25, 0.3) is 11.8 Å². The first-order valence-electron chi connectivity index (χ1n) is 9.55. The van der Waals surface area contributed by atoms with E-state index in [2.05, 4.69) is 15.6 Å². The number of anilines is 1. The predicted octanol–water partition coefficient (Wildman–Crippen LogP) is 3.01. The van der Waals surface area contributed by atoms with Crippen molar-refractivity contribution in [1.82, 2.24) is 14.9 Å². The molecule has 1 aromatic carbocycles. The Morgan fingerprint density at radius 2 is 1.93 bits per heavy atom. The zero-order valence-electron chi connectivity index (χ0n) is 15.9. The quantitative estimate of drug-likeness (QED) is 0.785. The smallest absolute Gasteiger partial charge is 0.287 e. The van der Waals surface area contributed by atoms with Gasteiger partial charge in [0.15, 0.2) is 11.5 Å². The number of nitrogens with one attached hydrogen (secondary N) is 2. The fourth-order valence-electron chi connectivity index (χ4n) is 3.21. The Balaban J connectivity index is 1.81. The van der Waals surface area contributed by atoms with Crippen molar-refractivity contribution in [2.75, 3.05) is 18.5 Å². The van der Waals surface area contributed by atoms with Crippen molar-refractivity contribution in [3.05, 3.63) is 41.5 Å². The van der Waals surface area contributed by atoms with Crippen LogP contribution in [-0.2, 0) is 13.0 Å². The summed E-state index contributed by atoms with van der Waals surface area (Å²) in [6.07, 6.45) is 3.58. The van der Waals surface area contributed by atoms with Gasteiger partial charge in [-0.25, -0.2) is 4.98 Å². The number of rotatable bonds is 7. The first-order valence-corrected chi connectivity index (χ1v) is 9.55. The van der Waals surface area contributed by atoms with Crippen LogP contribution in [0.3, 0.4) is 0 Å².